The van der Waals surface area contributed by atoms with E-state index in [0.29, 0.717) is 48.2 Å². The number of ether oxygens (including phenoxy) is 3. The van der Waals surface area contributed by atoms with Crippen LogP contribution in [0.2, 0.25) is 0 Å². The van der Waals surface area contributed by atoms with Crippen molar-refractivity contribution in [3.8, 4) is 12.0 Å². The molecule has 2 aromatic rings. The molecule has 1 aromatic carbocycles. The van der Waals surface area contributed by atoms with Crippen LogP contribution in [0.5, 0.6) is 0 Å². The summed E-state index contributed by atoms with van der Waals surface area (Å²) in [6, 6.07) is 6.84. The normalized spacial score (nSPS) is 19.8. The number of thiazole rings is 1. The Kier molecular flexibility index (Phi) is 10.3. The van der Waals surface area contributed by atoms with E-state index in [9.17, 15) is 14.1 Å². The van der Waals surface area contributed by atoms with Crippen molar-refractivity contribution in [1.29, 1.82) is 0 Å². The number of amides is 1. The summed E-state index contributed by atoms with van der Waals surface area (Å²) in [5.41, 5.74) is 0.613. The Hall–Kier alpha value is -2.46. The molecule has 36 heavy (non-hydrogen) atoms. The first-order chi connectivity index (χ1) is 17.2. The van der Waals surface area contributed by atoms with Gasteiger partial charge in [-0.25, -0.2) is 13.5 Å². The number of hydrogen-bond acceptors (Lipinski definition) is 8. The molecule has 0 radical (unpaired) electrons. The van der Waals surface area contributed by atoms with Gasteiger partial charge in [0, 0.05) is 38.3 Å². The standard InChI is InChI=1S/C25H33N3O6S2/c1-28(12-14-32-2)36(4,31)22-9-5-18(6-10-22)23(11-13-34-20-8-7-19(29)15-20)24(30)27-25-26-16-21(35-25)17-33-3/h5-6,9-10,16,19-20,23,29H,4,7-8,12,14-15,17H2,1-3H3,(H,26,27,30)/t19-,20-,23?,36?/m1/s1. The molecule has 0 bridgehead atoms. The Morgan fingerprint density at radius 1 is 1.33 bits per heavy atom. The Morgan fingerprint density at radius 2 is 2.08 bits per heavy atom. The summed E-state index contributed by atoms with van der Waals surface area (Å²) >= 11 is 1.32. The van der Waals surface area contributed by atoms with Crippen LogP contribution in [0, 0.1) is 12.0 Å². The van der Waals surface area contributed by atoms with E-state index < -0.39 is 15.6 Å². The van der Waals surface area contributed by atoms with Crippen LogP contribution >= 0.6 is 11.3 Å². The highest BCUT2D eigenvalue weighted by Crippen LogP contribution is 2.25. The summed E-state index contributed by atoms with van der Waals surface area (Å²) in [4.78, 5) is 18.9. The molecule has 1 aliphatic carbocycles. The van der Waals surface area contributed by atoms with Gasteiger partial charge in [-0.3, -0.25) is 4.79 Å². The molecule has 1 fully saturated rings. The van der Waals surface area contributed by atoms with Crippen molar-refractivity contribution >= 4 is 38.0 Å². The van der Waals surface area contributed by atoms with Gasteiger partial charge in [-0.05, 0) is 49.4 Å². The number of rotatable bonds is 11. The lowest BCUT2D eigenvalue weighted by Gasteiger charge is -2.22. The predicted octanol–water partition coefficient (Wildman–Crippen LogP) is 2.47. The molecule has 1 aliphatic rings. The quantitative estimate of drug-likeness (QED) is 0.336. The van der Waals surface area contributed by atoms with Crippen LogP contribution in [0.1, 0.15) is 35.6 Å². The van der Waals surface area contributed by atoms with Gasteiger partial charge >= 0.3 is 0 Å². The van der Waals surface area contributed by atoms with Gasteiger partial charge in [-0.2, -0.15) is 0 Å². The predicted molar refractivity (Wildman–Crippen MR) is 141 cm³/mol. The highest BCUT2D eigenvalue weighted by Gasteiger charge is 2.25. The van der Waals surface area contributed by atoms with Crippen molar-refractivity contribution < 1.29 is 28.3 Å². The zero-order valence-electron chi connectivity index (χ0n) is 20.8. The molecule has 0 spiro atoms. The fraction of sp³-hybridized carbons (Fsp3) is 0.480. The van der Waals surface area contributed by atoms with E-state index in [1.165, 1.54) is 11.3 Å². The van der Waals surface area contributed by atoms with E-state index in [1.807, 2.05) is 0 Å². The minimum absolute atomic E-state index is 0.160. The maximum atomic E-state index is 13.2. The first-order valence-corrected chi connectivity index (χ1v) is 14.0. The van der Waals surface area contributed by atoms with Gasteiger partial charge in [0.1, 0.15) is 18.1 Å². The second-order valence-electron chi connectivity index (χ2n) is 8.49. The largest absolute Gasteiger partial charge is 0.443 e. The summed E-state index contributed by atoms with van der Waals surface area (Å²) in [6.07, 6.45) is 5.71. The molecule has 2 unspecified atom stereocenters. The van der Waals surface area contributed by atoms with Gasteiger partial charge in [-0.1, -0.05) is 23.5 Å². The fourth-order valence-electron chi connectivity index (χ4n) is 3.67. The monoisotopic (exact) mass is 535 g/mol. The van der Waals surface area contributed by atoms with E-state index in [-0.39, 0.29) is 18.1 Å². The van der Waals surface area contributed by atoms with Crippen LogP contribution in [0.4, 0.5) is 5.13 Å². The molecule has 0 aliphatic heterocycles. The van der Waals surface area contributed by atoms with E-state index in [4.69, 9.17) is 14.2 Å². The van der Waals surface area contributed by atoms with Crippen LogP contribution in [-0.4, -0.2) is 77.0 Å². The topological polar surface area (TPSA) is 110 Å². The number of methoxy groups -OCH3 is 2. The third-order valence-electron chi connectivity index (χ3n) is 5.81. The molecule has 196 valence electrons. The Balaban J connectivity index is 1.81. The lowest BCUT2D eigenvalue weighted by molar-refractivity contribution is -0.116. The highest BCUT2D eigenvalue weighted by atomic mass is 32.2. The Morgan fingerprint density at radius 3 is 2.72 bits per heavy atom. The Bertz CT molecular complexity index is 1170. The van der Waals surface area contributed by atoms with E-state index in [0.717, 1.165) is 11.3 Å². The molecule has 1 heterocycles. The highest BCUT2D eigenvalue weighted by molar-refractivity contribution is 7.98. The smallest absolute Gasteiger partial charge is 0.245 e. The number of hydrogen-bond donors (Lipinski definition) is 2. The van der Waals surface area contributed by atoms with Crippen molar-refractivity contribution in [2.24, 2.45) is 0 Å². The van der Waals surface area contributed by atoms with Crippen LogP contribution in [0.15, 0.2) is 35.4 Å². The summed E-state index contributed by atoms with van der Waals surface area (Å²) in [5, 5.41) is 13.0. The van der Waals surface area contributed by atoms with Crippen molar-refractivity contribution in [1.82, 2.24) is 9.29 Å². The molecule has 1 aromatic heterocycles. The van der Waals surface area contributed by atoms with E-state index >= 15 is 0 Å². The van der Waals surface area contributed by atoms with Crippen molar-refractivity contribution in [2.75, 3.05) is 39.7 Å². The molecule has 4 atom stereocenters. The lowest BCUT2D eigenvalue weighted by atomic mass is 9.99. The number of aromatic nitrogens is 1. The van der Waals surface area contributed by atoms with Gasteiger partial charge < -0.3 is 24.6 Å². The average Bonchev–Trinajstić information content (AvgIpc) is 3.48. The summed E-state index contributed by atoms with van der Waals surface area (Å²) in [5.74, 6) is 5.60. The van der Waals surface area contributed by atoms with Gasteiger partial charge in [0.15, 0.2) is 5.13 Å². The number of aliphatic hydroxyl groups excluding tert-OH is 1. The molecule has 1 amide bonds. The number of carbonyl (C=O) groups is 1. The molecule has 1 saturated carbocycles. The van der Waals surface area contributed by atoms with Crippen molar-refractivity contribution in [3.63, 3.8) is 0 Å². The van der Waals surface area contributed by atoms with Crippen molar-refractivity contribution in [2.45, 2.75) is 48.9 Å². The van der Waals surface area contributed by atoms with Crippen LogP contribution in [0.25, 0.3) is 0 Å². The molecule has 3 rings (SSSR count). The number of nitrogens with zero attached hydrogens (tertiary/aromatic N) is 2. The zero-order valence-corrected chi connectivity index (χ0v) is 22.4. The second kappa shape index (κ2) is 13.2. The number of anilines is 1. The van der Waals surface area contributed by atoms with Gasteiger partial charge in [0.2, 0.25) is 5.91 Å². The maximum Gasteiger partial charge on any atom is 0.245 e. The second-order valence-corrected chi connectivity index (χ2v) is 12.0. The summed E-state index contributed by atoms with van der Waals surface area (Å²) in [6.45, 7) is 1.30. The molecule has 2 N–H and O–H groups in total. The van der Waals surface area contributed by atoms with Crippen LogP contribution < -0.4 is 5.32 Å². The number of carbonyl (C=O) groups excluding carboxylic acids is 1. The van der Waals surface area contributed by atoms with Crippen LogP contribution in [-0.2, 0) is 35.3 Å². The molecule has 0 saturated heterocycles. The van der Waals surface area contributed by atoms with E-state index in [2.05, 4.69) is 28.2 Å². The summed E-state index contributed by atoms with van der Waals surface area (Å²) in [7, 11) is 2.20. The first kappa shape index (κ1) is 28.1. The lowest BCUT2D eigenvalue weighted by Crippen LogP contribution is -2.30. The molecule has 9 nitrogen and oxygen atoms in total. The molecule has 11 heteroatoms. The first-order valence-electron chi connectivity index (χ1n) is 11.5. The van der Waals surface area contributed by atoms with Crippen LogP contribution in [0.3, 0.4) is 0 Å². The van der Waals surface area contributed by atoms with Crippen molar-refractivity contribution in [3.05, 3.63) is 40.9 Å². The molecular formula is C25H33N3O6S2. The minimum Gasteiger partial charge on any atom is -0.443 e. The van der Waals surface area contributed by atoms with E-state index in [1.54, 1.807) is 56.0 Å². The van der Waals surface area contributed by atoms with Gasteiger partial charge in [-0.15, -0.1) is 0 Å². The SMILES string of the molecule is C=S(=O)(c1ccc(C(C#CO[C@@H]2CC[C@@H](O)C2)C(=O)Nc2ncc(COC)s2)cc1)N(C)CCOC. The van der Waals surface area contributed by atoms with Gasteiger partial charge in [0.25, 0.3) is 0 Å². The number of aliphatic hydroxyl groups is 1. The number of benzene rings is 1. The zero-order chi connectivity index (χ0) is 26.1. The maximum absolute atomic E-state index is 13.2. The average molecular weight is 536 g/mol. The fourth-order valence-corrected chi connectivity index (χ4v) is 5.75. The number of nitrogens with one attached hydrogen (secondary N) is 1. The molecular weight excluding hydrogens is 502 g/mol. The third kappa shape index (κ3) is 7.52. The van der Waals surface area contributed by atoms with Gasteiger partial charge in [0.05, 0.1) is 33.9 Å². The summed E-state index contributed by atoms with van der Waals surface area (Å²) < 4.78 is 30.7. The number of likely N-dealkylation sites (N-methyl/N-ethyl adjacent to an activating group) is 1. The minimum atomic E-state index is -2.71. The third-order valence-corrected chi connectivity index (χ3v) is 8.90. The Labute approximate surface area is 216 Å².